The van der Waals surface area contributed by atoms with Crippen LogP contribution in [0.3, 0.4) is 0 Å². The fraction of sp³-hybridized carbons (Fsp3) is 0.500. The Hall–Kier alpha value is -1.09. The minimum absolute atomic E-state index is 0.194. The van der Waals surface area contributed by atoms with Crippen LogP contribution < -0.4 is 10.5 Å². The summed E-state index contributed by atoms with van der Waals surface area (Å²) in [6, 6.07) is 4.64. The zero-order chi connectivity index (χ0) is 11.1. The molecule has 1 aliphatic rings. The van der Waals surface area contributed by atoms with Gasteiger partial charge in [0, 0.05) is 11.5 Å². The van der Waals surface area contributed by atoms with E-state index in [4.69, 9.17) is 10.5 Å². The number of hydrogen-bond donors (Lipinski definition) is 1. The number of halogens is 1. The van der Waals surface area contributed by atoms with Crippen LogP contribution >= 0.6 is 0 Å². The molecule has 2 rings (SSSR count). The lowest BCUT2D eigenvalue weighted by Gasteiger charge is -2.37. The van der Waals surface area contributed by atoms with Crippen molar-refractivity contribution in [2.24, 2.45) is 5.73 Å². The molecule has 1 atom stereocenters. The fourth-order valence-corrected chi connectivity index (χ4v) is 2.18. The number of fused-ring (bicyclic) bond motifs is 1. The fourth-order valence-electron chi connectivity index (χ4n) is 2.18. The normalized spacial score (nSPS) is 23.1. The first-order valence-corrected chi connectivity index (χ1v) is 5.20. The number of benzene rings is 1. The highest BCUT2D eigenvalue weighted by atomic mass is 19.1. The third kappa shape index (κ3) is 1.97. The van der Waals surface area contributed by atoms with E-state index in [9.17, 15) is 4.39 Å². The minimum atomic E-state index is -0.226. The Kier molecular flexibility index (Phi) is 2.43. The molecule has 15 heavy (non-hydrogen) atoms. The topological polar surface area (TPSA) is 35.2 Å². The number of hydrogen-bond acceptors (Lipinski definition) is 2. The van der Waals surface area contributed by atoms with Gasteiger partial charge in [0.25, 0.3) is 0 Å². The summed E-state index contributed by atoms with van der Waals surface area (Å²) in [5, 5.41) is 0. The number of ether oxygens (including phenoxy) is 1. The number of rotatable bonds is 1. The average Bonchev–Trinajstić information content (AvgIpc) is 2.16. The van der Waals surface area contributed by atoms with E-state index in [1.165, 1.54) is 12.1 Å². The molecule has 0 saturated heterocycles. The molecule has 2 nitrogen and oxygen atoms in total. The molecule has 2 N–H and O–H groups in total. The Bertz CT molecular complexity index is 376. The summed E-state index contributed by atoms with van der Waals surface area (Å²) in [6.07, 6.45) is 0.833. The van der Waals surface area contributed by atoms with E-state index in [1.54, 1.807) is 6.07 Å². The molecule has 0 aliphatic carbocycles. The largest absolute Gasteiger partial charge is 0.488 e. The van der Waals surface area contributed by atoms with Gasteiger partial charge in [-0.25, -0.2) is 4.39 Å². The SMILES string of the molecule is CC1(C)CC(CN)c2cc(F)ccc2O1. The van der Waals surface area contributed by atoms with E-state index < -0.39 is 0 Å². The molecule has 0 aromatic heterocycles. The second-order valence-electron chi connectivity index (χ2n) is 4.68. The molecule has 82 valence electrons. The van der Waals surface area contributed by atoms with Crippen LogP contribution in [0.25, 0.3) is 0 Å². The summed E-state index contributed by atoms with van der Waals surface area (Å²) in [4.78, 5) is 0. The van der Waals surface area contributed by atoms with Gasteiger partial charge in [-0.1, -0.05) is 0 Å². The first-order valence-electron chi connectivity index (χ1n) is 5.20. The van der Waals surface area contributed by atoms with Gasteiger partial charge >= 0.3 is 0 Å². The molecule has 0 bridgehead atoms. The van der Waals surface area contributed by atoms with Crippen molar-refractivity contribution in [1.29, 1.82) is 0 Å². The molecule has 3 heteroatoms. The quantitative estimate of drug-likeness (QED) is 0.771. The molecule has 0 radical (unpaired) electrons. The summed E-state index contributed by atoms with van der Waals surface area (Å²) in [6.45, 7) is 4.59. The van der Waals surface area contributed by atoms with Gasteiger partial charge in [-0.2, -0.15) is 0 Å². The van der Waals surface area contributed by atoms with Gasteiger partial charge < -0.3 is 10.5 Å². The summed E-state index contributed by atoms with van der Waals surface area (Å²) in [7, 11) is 0. The Morgan fingerprint density at radius 3 is 2.93 bits per heavy atom. The maximum Gasteiger partial charge on any atom is 0.123 e. The Morgan fingerprint density at radius 1 is 1.53 bits per heavy atom. The molecule has 1 aliphatic heterocycles. The predicted molar refractivity (Wildman–Crippen MR) is 57.5 cm³/mol. The predicted octanol–water partition coefficient (Wildman–Crippen LogP) is 2.43. The van der Waals surface area contributed by atoms with Crippen molar-refractivity contribution in [2.75, 3.05) is 6.54 Å². The van der Waals surface area contributed by atoms with Crippen LogP contribution in [0, 0.1) is 5.82 Å². The van der Waals surface area contributed by atoms with Crippen LogP contribution in [0.1, 0.15) is 31.7 Å². The third-order valence-corrected chi connectivity index (χ3v) is 2.82. The van der Waals surface area contributed by atoms with Crippen LogP contribution in [0.4, 0.5) is 4.39 Å². The molecule has 0 saturated carbocycles. The molecule has 0 amide bonds. The zero-order valence-electron chi connectivity index (χ0n) is 9.09. The molecule has 1 aromatic rings. The Morgan fingerprint density at radius 2 is 2.27 bits per heavy atom. The molecule has 0 spiro atoms. The van der Waals surface area contributed by atoms with E-state index >= 15 is 0 Å². The van der Waals surface area contributed by atoms with Crippen molar-refractivity contribution >= 4 is 0 Å². The van der Waals surface area contributed by atoms with Crippen molar-refractivity contribution in [3.63, 3.8) is 0 Å². The van der Waals surface area contributed by atoms with Gasteiger partial charge in [-0.15, -0.1) is 0 Å². The Labute approximate surface area is 89.2 Å². The average molecular weight is 209 g/mol. The van der Waals surface area contributed by atoms with Gasteiger partial charge in [-0.05, 0) is 45.0 Å². The summed E-state index contributed by atoms with van der Waals surface area (Å²) >= 11 is 0. The van der Waals surface area contributed by atoms with Crippen LogP contribution in [-0.4, -0.2) is 12.1 Å². The highest BCUT2D eigenvalue weighted by Gasteiger charge is 2.33. The second kappa shape index (κ2) is 3.49. The monoisotopic (exact) mass is 209 g/mol. The van der Waals surface area contributed by atoms with E-state index in [1.807, 2.05) is 13.8 Å². The van der Waals surface area contributed by atoms with Crippen LogP contribution in [-0.2, 0) is 0 Å². The van der Waals surface area contributed by atoms with Crippen molar-refractivity contribution < 1.29 is 9.13 Å². The standard InChI is InChI=1S/C12H16FNO/c1-12(2)6-8(7-14)10-5-9(13)3-4-11(10)15-12/h3-5,8H,6-7,14H2,1-2H3. The highest BCUT2D eigenvalue weighted by Crippen LogP contribution is 2.40. The molecular weight excluding hydrogens is 193 g/mol. The van der Waals surface area contributed by atoms with E-state index in [0.717, 1.165) is 17.7 Å². The smallest absolute Gasteiger partial charge is 0.123 e. The van der Waals surface area contributed by atoms with Crippen molar-refractivity contribution in [2.45, 2.75) is 31.8 Å². The molecular formula is C12H16FNO. The first-order chi connectivity index (χ1) is 7.02. The summed E-state index contributed by atoms with van der Waals surface area (Å²) in [5.41, 5.74) is 6.40. The van der Waals surface area contributed by atoms with Crippen molar-refractivity contribution in [1.82, 2.24) is 0 Å². The number of nitrogens with two attached hydrogens (primary N) is 1. The van der Waals surface area contributed by atoms with E-state index in [-0.39, 0.29) is 17.3 Å². The lowest BCUT2D eigenvalue weighted by molar-refractivity contribution is 0.0728. The maximum absolute atomic E-state index is 13.1. The first kappa shape index (κ1) is 10.4. The molecule has 1 aromatic carbocycles. The Balaban J connectivity index is 2.44. The van der Waals surface area contributed by atoms with Crippen molar-refractivity contribution in [3.8, 4) is 5.75 Å². The zero-order valence-corrected chi connectivity index (χ0v) is 9.09. The lowest BCUT2D eigenvalue weighted by Crippen LogP contribution is -2.37. The lowest BCUT2D eigenvalue weighted by atomic mass is 9.84. The van der Waals surface area contributed by atoms with Gasteiger partial charge in [0.05, 0.1) is 0 Å². The van der Waals surface area contributed by atoms with Crippen LogP contribution in [0.2, 0.25) is 0 Å². The highest BCUT2D eigenvalue weighted by molar-refractivity contribution is 5.39. The van der Waals surface area contributed by atoms with Gasteiger partial charge in [0.2, 0.25) is 0 Å². The molecule has 0 fully saturated rings. The van der Waals surface area contributed by atoms with Crippen LogP contribution in [0.15, 0.2) is 18.2 Å². The molecule has 1 heterocycles. The van der Waals surface area contributed by atoms with Gasteiger partial charge in [0.1, 0.15) is 17.2 Å². The van der Waals surface area contributed by atoms with E-state index in [2.05, 4.69) is 0 Å². The third-order valence-electron chi connectivity index (χ3n) is 2.82. The summed E-state index contributed by atoms with van der Waals surface area (Å²) < 4.78 is 18.9. The van der Waals surface area contributed by atoms with Gasteiger partial charge in [-0.3, -0.25) is 0 Å². The van der Waals surface area contributed by atoms with Crippen LogP contribution in [0.5, 0.6) is 5.75 Å². The maximum atomic E-state index is 13.1. The second-order valence-corrected chi connectivity index (χ2v) is 4.68. The molecule has 1 unspecified atom stereocenters. The van der Waals surface area contributed by atoms with E-state index in [0.29, 0.717) is 6.54 Å². The van der Waals surface area contributed by atoms with Crippen molar-refractivity contribution in [3.05, 3.63) is 29.6 Å². The summed E-state index contributed by atoms with van der Waals surface area (Å²) in [5.74, 6) is 0.734. The van der Waals surface area contributed by atoms with Gasteiger partial charge in [0.15, 0.2) is 0 Å². The minimum Gasteiger partial charge on any atom is -0.488 e.